The summed E-state index contributed by atoms with van der Waals surface area (Å²) < 4.78 is 4.96. The Morgan fingerprint density at radius 3 is 2.59 bits per heavy atom. The van der Waals surface area contributed by atoms with Gasteiger partial charge in [0.2, 0.25) is 6.29 Å². The molecule has 2 atom stereocenters. The van der Waals surface area contributed by atoms with E-state index >= 15 is 0 Å². The molecule has 0 spiro atoms. The van der Waals surface area contributed by atoms with Crippen LogP contribution in [0.3, 0.4) is 0 Å². The second-order valence-corrected chi connectivity index (χ2v) is 4.97. The summed E-state index contributed by atoms with van der Waals surface area (Å²) in [7, 11) is 0. The third kappa shape index (κ3) is 5.73. The monoisotopic (exact) mass is 236 g/mol. The first-order chi connectivity index (χ1) is 8.09. The molecular formula is C15H24O2. The lowest BCUT2D eigenvalue weighted by Gasteiger charge is -2.11. The molecule has 1 heterocycles. The van der Waals surface area contributed by atoms with Crippen molar-refractivity contribution in [1.82, 2.24) is 0 Å². The summed E-state index contributed by atoms with van der Waals surface area (Å²) in [6.07, 6.45) is 11.7. The van der Waals surface area contributed by atoms with Gasteiger partial charge < -0.3 is 9.84 Å². The van der Waals surface area contributed by atoms with Crippen molar-refractivity contribution in [2.75, 3.05) is 0 Å². The van der Waals surface area contributed by atoms with Crippen LogP contribution in [0.4, 0.5) is 0 Å². The minimum absolute atomic E-state index is 0.164. The molecule has 2 nitrogen and oxygen atoms in total. The number of rotatable bonds is 6. The first kappa shape index (κ1) is 14.0. The molecule has 0 aromatic heterocycles. The largest absolute Gasteiger partial charge is 0.472 e. The van der Waals surface area contributed by atoms with Crippen LogP contribution in [0.5, 0.6) is 0 Å². The Morgan fingerprint density at radius 2 is 2.00 bits per heavy atom. The van der Waals surface area contributed by atoms with Gasteiger partial charge in [-0.2, -0.15) is 0 Å². The van der Waals surface area contributed by atoms with E-state index < -0.39 is 6.29 Å². The van der Waals surface area contributed by atoms with E-state index in [0.29, 0.717) is 0 Å². The zero-order valence-corrected chi connectivity index (χ0v) is 11.1. The second kappa shape index (κ2) is 7.33. The highest BCUT2D eigenvalue weighted by Gasteiger charge is 2.20. The van der Waals surface area contributed by atoms with Crippen molar-refractivity contribution >= 4 is 0 Å². The molecule has 1 aliphatic heterocycles. The Hall–Kier alpha value is -1.02. The minimum Gasteiger partial charge on any atom is -0.472 e. The van der Waals surface area contributed by atoms with E-state index in [1.54, 1.807) is 6.26 Å². The molecule has 1 aliphatic rings. The highest BCUT2D eigenvalue weighted by atomic mass is 16.6. The molecule has 0 aromatic carbocycles. The van der Waals surface area contributed by atoms with Crippen LogP contribution in [0.15, 0.2) is 35.6 Å². The van der Waals surface area contributed by atoms with E-state index in [-0.39, 0.29) is 5.92 Å². The van der Waals surface area contributed by atoms with Crippen LogP contribution in [0.1, 0.15) is 46.5 Å². The summed E-state index contributed by atoms with van der Waals surface area (Å²) in [6, 6.07) is 0. The summed E-state index contributed by atoms with van der Waals surface area (Å²) in [6.45, 7) is 6.44. The van der Waals surface area contributed by atoms with E-state index in [1.165, 1.54) is 11.1 Å². The van der Waals surface area contributed by atoms with Crippen molar-refractivity contribution in [3.63, 3.8) is 0 Å². The zero-order chi connectivity index (χ0) is 12.7. The van der Waals surface area contributed by atoms with Gasteiger partial charge in [-0.15, -0.1) is 0 Å². The van der Waals surface area contributed by atoms with Crippen molar-refractivity contribution in [2.45, 2.75) is 52.7 Å². The van der Waals surface area contributed by atoms with Crippen LogP contribution in [0.25, 0.3) is 0 Å². The Labute approximate surface area is 105 Å². The lowest BCUT2D eigenvalue weighted by Crippen LogP contribution is -2.14. The molecule has 0 radical (unpaired) electrons. The first-order valence-electron chi connectivity index (χ1n) is 6.39. The van der Waals surface area contributed by atoms with Crippen LogP contribution in [0, 0.1) is 5.92 Å². The highest BCUT2D eigenvalue weighted by Crippen LogP contribution is 2.21. The molecule has 0 fully saturated rings. The number of hydrogen-bond acceptors (Lipinski definition) is 2. The third-order valence-corrected chi connectivity index (χ3v) is 2.99. The van der Waals surface area contributed by atoms with Gasteiger partial charge in [0.25, 0.3) is 0 Å². The highest BCUT2D eigenvalue weighted by molar-refractivity contribution is 5.03. The lowest BCUT2D eigenvalue weighted by atomic mass is 10.0. The van der Waals surface area contributed by atoms with Crippen LogP contribution in [-0.4, -0.2) is 11.4 Å². The zero-order valence-electron chi connectivity index (χ0n) is 11.1. The Bertz CT molecular complexity index is 309. The van der Waals surface area contributed by atoms with E-state index in [1.807, 2.05) is 6.08 Å². The summed E-state index contributed by atoms with van der Waals surface area (Å²) in [5.41, 5.74) is 2.81. The van der Waals surface area contributed by atoms with E-state index in [2.05, 4.69) is 32.9 Å². The Balaban J connectivity index is 2.19. The van der Waals surface area contributed by atoms with E-state index in [4.69, 9.17) is 4.74 Å². The van der Waals surface area contributed by atoms with Gasteiger partial charge in [0.15, 0.2) is 0 Å². The van der Waals surface area contributed by atoms with Gasteiger partial charge in [0, 0.05) is 5.92 Å². The predicted octanol–water partition coefficient (Wildman–Crippen LogP) is 3.94. The van der Waals surface area contributed by atoms with Crippen molar-refractivity contribution in [3.05, 3.63) is 35.6 Å². The van der Waals surface area contributed by atoms with Gasteiger partial charge in [0.1, 0.15) is 0 Å². The van der Waals surface area contributed by atoms with Gasteiger partial charge in [-0.1, -0.05) is 23.3 Å². The molecule has 0 bridgehead atoms. The predicted molar refractivity (Wildman–Crippen MR) is 71.4 cm³/mol. The number of aliphatic hydroxyl groups excluding tert-OH is 1. The molecule has 0 saturated heterocycles. The number of aliphatic hydroxyl groups is 1. The van der Waals surface area contributed by atoms with Crippen LogP contribution in [-0.2, 0) is 4.74 Å². The summed E-state index contributed by atoms with van der Waals surface area (Å²) >= 11 is 0. The fraction of sp³-hybridized carbons (Fsp3) is 0.600. The number of ether oxygens (including phenoxy) is 1. The molecule has 1 rings (SSSR count). The fourth-order valence-electron chi connectivity index (χ4n) is 1.87. The fourth-order valence-corrected chi connectivity index (χ4v) is 1.87. The number of allylic oxidation sites excluding steroid dienone is 4. The average Bonchev–Trinajstić information content (AvgIpc) is 2.64. The van der Waals surface area contributed by atoms with E-state index in [0.717, 1.165) is 25.7 Å². The van der Waals surface area contributed by atoms with Crippen molar-refractivity contribution < 1.29 is 9.84 Å². The first-order valence-corrected chi connectivity index (χ1v) is 6.39. The topological polar surface area (TPSA) is 29.5 Å². The SMILES string of the molecule is CC(C)=CCCC(C)=CCCC1C=COC1O. The molecule has 1 N–H and O–H groups in total. The molecule has 2 heteroatoms. The van der Waals surface area contributed by atoms with Gasteiger partial charge in [-0.25, -0.2) is 0 Å². The standard InChI is InChI=1S/C15H24O2/c1-12(2)6-4-7-13(3)8-5-9-14-10-11-17-15(14)16/h6,8,10-11,14-16H,4-5,7,9H2,1-3H3. The molecule has 96 valence electrons. The molecule has 0 aromatic rings. The average molecular weight is 236 g/mol. The Kier molecular flexibility index (Phi) is 6.06. The second-order valence-electron chi connectivity index (χ2n) is 4.97. The van der Waals surface area contributed by atoms with Crippen molar-refractivity contribution in [1.29, 1.82) is 0 Å². The van der Waals surface area contributed by atoms with Gasteiger partial charge >= 0.3 is 0 Å². The Morgan fingerprint density at radius 1 is 1.24 bits per heavy atom. The minimum atomic E-state index is -0.630. The third-order valence-electron chi connectivity index (χ3n) is 2.99. The van der Waals surface area contributed by atoms with E-state index in [9.17, 15) is 5.11 Å². The maximum absolute atomic E-state index is 9.44. The maximum Gasteiger partial charge on any atom is 0.202 e. The molecule has 0 aliphatic carbocycles. The molecular weight excluding hydrogens is 212 g/mol. The molecule has 2 unspecified atom stereocenters. The summed E-state index contributed by atoms with van der Waals surface area (Å²) in [5.74, 6) is 0.164. The van der Waals surface area contributed by atoms with Crippen LogP contribution < -0.4 is 0 Å². The molecule has 0 amide bonds. The van der Waals surface area contributed by atoms with Crippen molar-refractivity contribution in [3.8, 4) is 0 Å². The summed E-state index contributed by atoms with van der Waals surface area (Å²) in [5, 5.41) is 9.44. The van der Waals surface area contributed by atoms with Crippen LogP contribution in [0.2, 0.25) is 0 Å². The van der Waals surface area contributed by atoms with Crippen molar-refractivity contribution in [2.24, 2.45) is 5.92 Å². The quantitative estimate of drug-likeness (QED) is 0.708. The maximum atomic E-state index is 9.44. The molecule has 17 heavy (non-hydrogen) atoms. The normalized spacial score (nSPS) is 23.6. The number of hydrogen-bond donors (Lipinski definition) is 1. The van der Waals surface area contributed by atoms with Gasteiger partial charge in [-0.3, -0.25) is 0 Å². The summed E-state index contributed by atoms with van der Waals surface area (Å²) in [4.78, 5) is 0. The van der Waals surface area contributed by atoms with Crippen LogP contribution >= 0.6 is 0 Å². The van der Waals surface area contributed by atoms with Gasteiger partial charge in [0.05, 0.1) is 6.26 Å². The molecule has 0 saturated carbocycles. The smallest absolute Gasteiger partial charge is 0.202 e. The lowest BCUT2D eigenvalue weighted by molar-refractivity contribution is -0.0628. The van der Waals surface area contributed by atoms with Gasteiger partial charge in [-0.05, 0) is 52.5 Å².